The van der Waals surface area contributed by atoms with Crippen LogP contribution in [-0.4, -0.2) is 5.91 Å². The summed E-state index contributed by atoms with van der Waals surface area (Å²) in [4.78, 5) is 12.3. The Morgan fingerprint density at radius 3 is 2.37 bits per heavy atom. The van der Waals surface area contributed by atoms with E-state index >= 15 is 0 Å². The van der Waals surface area contributed by atoms with E-state index in [1.165, 1.54) is 9.13 Å². The molecular formula is C16H16INO. The van der Waals surface area contributed by atoms with Crippen LogP contribution in [0.5, 0.6) is 0 Å². The Kier molecular flexibility index (Phi) is 4.24. The molecule has 0 fully saturated rings. The van der Waals surface area contributed by atoms with Gasteiger partial charge in [0, 0.05) is 14.8 Å². The minimum absolute atomic E-state index is 0.0539. The van der Waals surface area contributed by atoms with Crippen LogP contribution >= 0.6 is 22.6 Å². The summed E-state index contributed by atoms with van der Waals surface area (Å²) in [6, 6.07) is 11.8. The molecule has 2 nitrogen and oxygen atoms in total. The van der Waals surface area contributed by atoms with Crippen molar-refractivity contribution in [1.29, 1.82) is 0 Å². The van der Waals surface area contributed by atoms with Gasteiger partial charge in [-0.3, -0.25) is 4.79 Å². The molecule has 98 valence electrons. The Balaban J connectivity index is 2.25. The molecule has 2 aromatic carbocycles. The van der Waals surface area contributed by atoms with Gasteiger partial charge in [-0.15, -0.1) is 0 Å². The van der Waals surface area contributed by atoms with E-state index in [2.05, 4.69) is 34.0 Å². The highest BCUT2D eigenvalue weighted by atomic mass is 127. The fraction of sp³-hybridized carbons (Fsp3) is 0.188. The van der Waals surface area contributed by atoms with Crippen molar-refractivity contribution >= 4 is 34.2 Å². The maximum absolute atomic E-state index is 12.3. The van der Waals surface area contributed by atoms with Gasteiger partial charge < -0.3 is 5.32 Å². The van der Waals surface area contributed by atoms with Crippen LogP contribution in [0.4, 0.5) is 5.69 Å². The Morgan fingerprint density at radius 2 is 1.74 bits per heavy atom. The number of benzene rings is 2. The first-order valence-corrected chi connectivity index (χ1v) is 7.20. The van der Waals surface area contributed by atoms with Gasteiger partial charge in [-0.25, -0.2) is 0 Å². The number of halogens is 1. The van der Waals surface area contributed by atoms with Gasteiger partial charge in [0.05, 0.1) is 0 Å². The summed E-state index contributed by atoms with van der Waals surface area (Å²) in [6.45, 7) is 5.99. The van der Waals surface area contributed by atoms with Gasteiger partial charge in [0.15, 0.2) is 0 Å². The van der Waals surface area contributed by atoms with Crippen molar-refractivity contribution in [2.75, 3.05) is 5.32 Å². The fourth-order valence-electron chi connectivity index (χ4n) is 2.03. The smallest absolute Gasteiger partial charge is 0.255 e. The van der Waals surface area contributed by atoms with Gasteiger partial charge in [0.2, 0.25) is 0 Å². The minimum Gasteiger partial charge on any atom is -0.322 e. The third-order valence-corrected chi connectivity index (χ3v) is 3.73. The summed E-state index contributed by atoms with van der Waals surface area (Å²) in [5.41, 5.74) is 4.83. The molecule has 0 saturated heterocycles. The average molecular weight is 365 g/mol. The highest BCUT2D eigenvalue weighted by molar-refractivity contribution is 14.1. The lowest BCUT2D eigenvalue weighted by molar-refractivity contribution is 0.102. The number of hydrogen-bond acceptors (Lipinski definition) is 1. The monoisotopic (exact) mass is 365 g/mol. The van der Waals surface area contributed by atoms with Gasteiger partial charge in [0.1, 0.15) is 0 Å². The molecule has 0 aliphatic rings. The van der Waals surface area contributed by atoms with Crippen LogP contribution in [0.3, 0.4) is 0 Å². The Hall–Kier alpha value is -1.36. The number of hydrogen-bond donors (Lipinski definition) is 1. The molecule has 0 heterocycles. The van der Waals surface area contributed by atoms with Crippen LogP contribution in [0.25, 0.3) is 0 Å². The third kappa shape index (κ3) is 3.35. The number of nitrogens with one attached hydrogen (secondary N) is 1. The van der Waals surface area contributed by atoms with Crippen LogP contribution < -0.4 is 5.32 Å². The van der Waals surface area contributed by atoms with Gasteiger partial charge in [0.25, 0.3) is 5.91 Å². The van der Waals surface area contributed by atoms with Crippen molar-refractivity contribution in [1.82, 2.24) is 0 Å². The minimum atomic E-state index is -0.0539. The molecule has 0 atom stereocenters. The van der Waals surface area contributed by atoms with Crippen LogP contribution in [0.1, 0.15) is 27.0 Å². The summed E-state index contributed by atoms with van der Waals surface area (Å²) in [7, 11) is 0. The molecule has 0 aromatic heterocycles. The molecular weight excluding hydrogens is 349 g/mol. The van der Waals surface area contributed by atoms with E-state index in [4.69, 9.17) is 0 Å². The van der Waals surface area contributed by atoms with Crippen molar-refractivity contribution in [2.24, 2.45) is 0 Å². The number of carbonyl (C=O) groups is 1. The molecule has 2 rings (SSSR count). The van der Waals surface area contributed by atoms with Crippen LogP contribution in [0.2, 0.25) is 0 Å². The van der Waals surface area contributed by atoms with Crippen LogP contribution in [0, 0.1) is 24.3 Å². The number of aryl methyl sites for hydroxylation is 3. The van der Waals surface area contributed by atoms with E-state index in [9.17, 15) is 4.79 Å². The van der Waals surface area contributed by atoms with E-state index in [1.807, 2.05) is 51.1 Å². The predicted molar refractivity (Wildman–Crippen MR) is 87.8 cm³/mol. The van der Waals surface area contributed by atoms with Crippen molar-refractivity contribution in [3.05, 3.63) is 62.2 Å². The van der Waals surface area contributed by atoms with Gasteiger partial charge in [-0.1, -0.05) is 17.7 Å². The molecule has 3 heteroatoms. The lowest BCUT2D eigenvalue weighted by Crippen LogP contribution is -2.14. The zero-order valence-corrected chi connectivity index (χ0v) is 13.4. The normalized spacial score (nSPS) is 10.3. The molecule has 0 spiro atoms. The summed E-state index contributed by atoms with van der Waals surface area (Å²) in [5.74, 6) is -0.0539. The molecule has 2 aromatic rings. The average Bonchev–Trinajstić information content (AvgIpc) is 2.32. The lowest BCUT2D eigenvalue weighted by Gasteiger charge is -2.11. The molecule has 0 unspecified atom stereocenters. The summed E-state index contributed by atoms with van der Waals surface area (Å²) >= 11 is 2.26. The van der Waals surface area contributed by atoms with E-state index in [1.54, 1.807) is 0 Å². The van der Waals surface area contributed by atoms with Crippen LogP contribution in [0.15, 0.2) is 36.4 Å². The number of rotatable bonds is 2. The van der Waals surface area contributed by atoms with E-state index in [-0.39, 0.29) is 5.91 Å². The predicted octanol–water partition coefficient (Wildman–Crippen LogP) is 4.47. The molecule has 19 heavy (non-hydrogen) atoms. The second-order valence-corrected chi connectivity index (χ2v) is 5.98. The SMILES string of the molecule is Cc1ccc(C(=O)Nc2ccc(I)cc2C)c(C)c1. The molecule has 0 radical (unpaired) electrons. The quantitative estimate of drug-likeness (QED) is 0.782. The zero-order chi connectivity index (χ0) is 14.0. The molecule has 0 aliphatic carbocycles. The van der Waals surface area contributed by atoms with Gasteiger partial charge in [-0.2, -0.15) is 0 Å². The molecule has 0 bridgehead atoms. The Labute approximate surface area is 127 Å². The van der Waals surface area contributed by atoms with Crippen molar-refractivity contribution in [3.63, 3.8) is 0 Å². The van der Waals surface area contributed by atoms with Crippen LogP contribution in [-0.2, 0) is 0 Å². The van der Waals surface area contributed by atoms with Gasteiger partial charge in [-0.05, 0) is 78.8 Å². The first-order valence-electron chi connectivity index (χ1n) is 6.12. The maximum Gasteiger partial charge on any atom is 0.255 e. The number of carbonyl (C=O) groups excluding carboxylic acids is 1. The lowest BCUT2D eigenvalue weighted by atomic mass is 10.0. The summed E-state index contributed by atoms with van der Waals surface area (Å²) in [6.07, 6.45) is 0. The molecule has 1 N–H and O–H groups in total. The standard InChI is InChI=1S/C16H16INO/c1-10-4-6-14(11(2)8-10)16(19)18-15-7-5-13(17)9-12(15)3/h4-9H,1-3H3,(H,18,19). The number of anilines is 1. The Morgan fingerprint density at radius 1 is 1.00 bits per heavy atom. The Bertz CT molecular complexity index is 635. The maximum atomic E-state index is 12.3. The molecule has 0 saturated carbocycles. The second kappa shape index (κ2) is 5.74. The summed E-state index contributed by atoms with van der Waals surface area (Å²) < 4.78 is 1.17. The molecule has 0 aliphatic heterocycles. The van der Waals surface area contributed by atoms with Crippen molar-refractivity contribution in [2.45, 2.75) is 20.8 Å². The molecule has 1 amide bonds. The first kappa shape index (κ1) is 14.1. The van der Waals surface area contributed by atoms with E-state index in [0.29, 0.717) is 0 Å². The van der Waals surface area contributed by atoms with Crippen molar-refractivity contribution in [3.8, 4) is 0 Å². The second-order valence-electron chi connectivity index (χ2n) is 4.73. The number of amides is 1. The highest BCUT2D eigenvalue weighted by Gasteiger charge is 2.10. The zero-order valence-electron chi connectivity index (χ0n) is 11.3. The third-order valence-electron chi connectivity index (χ3n) is 3.06. The van der Waals surface area contributed by atoms with Gasteiger partial charge >= 0.3 is 0 Å². The van der Waals surface area contributed by atoms with E-state index in [0.717, 1.165) is 22.4 Å². The fourth-order valence-corrected chi connectivity index (χ4v) is 2.67. The largest absolute Gasteiger partial charge is 0.322 e. The first-order chi connectivity index (χ1) is 8.97. The topological polar surface area (TPSA) is 29.1 Å². The van der Waals surface area contributed by atoms with E-state index < -0.39 is 0 Å². The van der Waals surface area contributed by atoms with Crippen molar-refractivity contribution < 1.29 is 4.79 Å². The summed E-state index contributed by atoms with van der Waals surface area (Å²) in [5, 5.41) is 2.97. The highest BCUT2D eigenvalue weighted by Crippen LogP contribution is 2.19.